The second-order valence-electron chi connectivity index (χ2n) is 17.8. The van der Waals surface area contributed by atoms with Crippen molar-refractivity contribution in [3.63, 3.8) is 0 Å². The number of sulfone groups is 3. The van der Waals surface area contributed by atoms with Gasteiger partial charge in [-0.3, -0.25) is 0 Å². The number of unbranched alkanes of at least 4 members (excludes halogenated alkanes) is 15. The highest BCUT2D eigenvalue weighted by Gasteiger charge is 2.37. The smallest absolute Gasteiger partial charge is 0.319 e. The van der Waals surface area contributed by atoms with E-state index in [2.05, 4.69) is 20.8 Å². The third-order valence-corrected chi connectivity index (χ3v) is 18.8. The quantitative estimate of drug-likeness (QED) is 0.0442. The number of fused-ring (bicyclic) bond motifs is 10. The fourth-order valence-corrected chi connectivity index (χ4v) is 13.8. The molecule has 0 radical (unpaired) electrons. The molecule has 4 bridgehead atoms. The number of aromatic nitrogens is 2. The molecule has 0 atom stereocenters. The lowest BCUT2D eigenvalue weighted by Gasteiger charge is -2.18. The zero-order chi connectivity index (χ0) is 45.9. The molecule has 0 amide bonds. The van der Waals surface area contributed by atoms with E-state index >= 15 is 0 Å². The average molecular weight is 960 g/mol. The highest BCUT2D eigenvalue weighted by molar-refractivity contribution is 7.92. The fourth-order valence-electron chi connectivity index (χ4n) is 9.25. The summed E-state index contributed by atoms with van der Waals surface area (Å²) < 4.78 is 86.5. The highest BCUT2D eigenvalue weighted by atomic mass is 35.5. The van der Waals surface area contributed by atoms with Crippen molar-refractivity contribution in [2.24, 2.45) is 20.0 Å². The molecule has 0 fully saturated rings. The van der Waals surface area contributed by atoms with Gasteiger partial charge in [0.15, 0.2) is 41.2 Å². The van der Waals surface area contributed by atoms with Crippen molar-refractivity contribution in [1.82, 2.24) is 8.96 Å². The topological polar surface area (TPSA) is 162 Å². The molecule has 8 rings (SSSR count). The molecule has 346 valence electrons. The van der Waals surface area contributed by atoms with Crippen molar-refractivity contribution in [1.29, 1.82) is 0 Å². The minimum absolute atomic E-state index is 0.0160. The normalized spacial score (nSPS) is 14.4. The Balaban J connectivity index is 1.28. The number of hydrogen-bond donors (Lipinski definition) is 0. The Bertz CT molecular complexity index is 3160. The Morgan fingerprint density at radius 1 is 0.431 bits per heavy atom. The Kier molecular flexibility index (Phi) is 14.6. The van der Waals surface area contributed by atoms with Crippen molar-refractivity contribution < 1.29 is 25.3 Å². The number of nitrogens with zero attached hydrogens (tertiary/aromatic N) is 6. The standard InChI is InChI=1S/C48H60BClN6O6S3/c1-4-7-10-13-16-19-28-63(57,58)34-22-25-37-40(31-34)44-51-43(37)52-47-41-32-35(64(59,60)29-20-17-14-11-8-5-2)24-27-39(41)46-54-48-42-33-36(65(61,62)30-21-18-15-12-9-6-3)23-26-38(42)45(53-44)55(48)49(50)56(46)47/h22-27,31-33H,4-21,28-30H2,1-3H3. The van der Waals surface area contributed by atoms with E-state index in [0.29, 0.717) is 74.5 Å². The predicted octanol–water partition coefficient (Wildman–Crippen LogP) is 10.4. The SMILES string of the molecule is CCCCCCCCS(=O)(=O)c1ccc2c(c1)C1=Nc3c4ccc(S(=O)(=O)CCCCCCCC)cc4c4n3B(Cl)n3c(c5cc(S(=O)(=O)CCCCCCCC)ccc5c3=N4)=NC2=N1. The second kappa shape index (κ2) is 20.0. The van der Waals surface area contributed by atoms with Crippen LogP contribution in [0.4, 0.5) is 11.6 Å². The van der Waals surface area contributed by atoms with Gasteiger partial charge in [-0.2, -0.15) is 0 Å². The van der Waals surface area contributed by atoms with Crippen LogP contribution in [0.25, 0.3) is 21.5 Å². The van der Waals surface area contributed by atoms with Crippen molar-refractivity contribution in [2.75, 3.05) is 17.3 Å². The van der Waals surface area contributed by atoms with Crippen molar-refractivity contribution in [3.05, 3.63) is 76.7 Å². The predicted molar refractivity (Wildman–Crippen MR) is 264 cm³/mol. The lowest BCUT2D eigenvalue weighted by molar-refractivity contribution is 0.582. The van der Waals surface area contributed by atoms with Gasteiger partial charge in [-0.05, 0) is 73.9 Å². The summed E-state index contributed by atoms with van der Waals surface area (Å²) in [7, 11) is -11.0. The average Bonchev–Trinajstić information content (AvgIpc) is 3.91. The number of hydrogen-bond acceptors (Lipinski definition) is 10. The van der Waals surface area contributed by atoms with E-state index < -0.39 is 35.9 Å². The molecule has 0 unspecified atom stereocenters. The van der Waals surface area contributed by atoms with Gasteiger partial charge >= 0.3 is 6.40 Å². The molecule has 3 aliphatic rings. The summed E-state index contributed by atoms with van der Waals surface area (Å²) in [5.41, 5.74) is 1.80. The highest BCUT2D eigenvalue weighted by Crippen LogP contribution is 2.42. The molecular formula is C48H60BClN6O6S3. The van der Waals surface area contributed by atoms with Crippen LogP contribution in [0.15, 0.2) is 89.3 Å². The zero-order valence-electron chi connectivity index (χ0n) is 37.9. The van der Waals surface area contributed by atoms with Crippen molar-refractivity contribution >= 4 is 92.2 Å². The van der Waals surface area contributed by atoms with Crippen LogP contribution >= 0.6 is 11.5 Å². The Morgan fingerprint density at radius 3 is 1.42 bits per heavy atom. The third-order valence-electron chi connectivity index (χ3n) is 13.0. The molecule has 0 saturated carbocycles. The van der Waals surface area contributed by atoms with Crippen LogP contribution < -0.4 is 11.0 Å². The molecular weight excluding hydrogens is 899 g/mol. The molecule has 12 nitrogen and oxygen atoms in total. The first-order valence-electron chi connectivity index (χ1n) is 23.7. The first-order valence-corrected chi connectivity index (χ1v) is 29.1. The van der Waals surface area contributed by atoms with Crippen LogP contribution in [-0.2, 0) is 29.5 Å². The number of rotatable bonds is 24. The minimum Gasteiger partial charge on any atom is -0.319 e. The summed E-state index contributed by atoms with van der Waals surface area (Å²) in [5, 5.41) is 2.23. The van der Waals surface area contributed by atoms with Crippen LogP contribution in [0.5, 0.6) is 0 Å². The van der Waals surface area contributed by atoms with E-state index in [4.69, 9.17) is 31.4 Å². The van der Waals surface area contributed by atoms with E-state index in [0.717, 1.165) is 96.3 Å². The zero-order valence-corrected chi connectivity index (χ0v) is 41.1. The second-order valence-corrected chi connectivity index (χ2v) is 24.5. The summed E-state index contributed by atoms with van der Waals surface area (Å²) >= 11 is 7.55. The molecule has 3 aliphatic heterocycles. The van der Waals surface area contributed by atoms with Gasteiger partial charge in [0.05, 0.1) is 31.9 Å². The van der Waals surface area contributed by atoms with E-state index in [9.17, 15) is 25.3 Å². The Labute approximate surface area is 389 Å². The molecule has 0 spiro atoms. The number of halogens is 1. The van der Waals surface area contributed by atoms with Gasteiger partial charge < -0.3 is 8.96 Å². The monoisotopic (exact) mass is 958 g/mol. The molecule has 0 N–H and O–H groups in total. The van der Waals surface area contributed by atoms with Crippen LogP contribution in [-0.4, -0.2) is 69.5 Å². The van der Waals surface area contributed by atoms with Gasteiger partial charge in [0.2, 0.25) is 0 Å². The maximum atomic E-state index is 13.9. The maximum Gasteiger partial charge on any atom is 0.499 e. The van der Waals surface area contributed by atoms with Gasteiger partial charge in [-0.1, -0.05) is 117 Å². The summed E-state index contributed by atoms with van der Waals surface area (Å²) in [6.45, 7) is 6.45. The van der Waals surface area contributed by atoms with Gasteiger partial charge in [-0.15, -0.1) is 11.5 Å². The molecule has 17 heteroatoms. The fraction of sp³-hybridized carbons (Fsp3) is 0.500. The summed E-state index contributed by atoms with van der Waals surface area (Å²) in [5.74, 6) is 1.29. The molecule has 0 aliphatic carbocycles. The lowest BCUT2D eigenvalue weighted by atomic mass is 10.1. The van der Waals surface area contributed by atoms with Crippen LogP contribution in [0.2, 0.25) is 0 Å². The summed E-state index contributed by atoms with van der Waals surface area (Å²) in [6.07, 6.45) is 16.1. The molecule has 0 saturated heterocycles. The van der Waals surface area contributed by atoms with Crippen molar-refractivity contribution in [3.8, 4) is 0 Å². The van der Waals surface area contributed by atoms with Gasteiger partial charge in [0.25, 0.3) is 0 Å². The van der Waals surface area contributed by atoms with Gasteiger partial charge in [-0.25, -0.2) is 45.2 Å². The van der Waals surface area contributed by atoms with E-state index in [1.807, 2.05) is 0 Å². The van der Waals surface area contributed by atoms with Gasteiger partial charge in [0, 0.05) is 32.7 Å². The first-order chi connectivity index (χ1) is 31.3. The van der Waals surface area contributed by atoms with E-state index in [1.165, 1.54) is 0 Å². The minimum atomic E-state index is -3.67. The Hall–Kier alpha value is -4.12. The van der Waals surface area contributed by atoms with E-state index in [-0.39, 0.29) is 43.6 Å². The summed E-state index contributed by atoms with van der Waals surface area (Å²) in [6, 6.07) is 14.9. The lowest BCUT2D eigenvalue weighted by Crippen LogP contribution is -2.44. The molecule has 65 heavy (non-hydrogen) atoms. The number of aliphatic imine (C=N–C) groups is 2. The third kappa shape index (κ3) is 9.69. The largest absolute Gasteiger partial charge is 0.499 e. The van der Waals surface area contributed by atoms with Crippen LogP contribution in [0.3, 0.4) is 0 Å². The molecule has 3 aromatic carbocycles. The van der Waals surface area contributed by atoms with Gasteiger partial charge in [0.1, 0.15) is 22.6 Å². The van der Waals surface area contributed by atoms with E-state index in [1.54, 1.807) is 63.6 Å². The molecule has 2 aromatic heterocycles. The maximum absolute atomic E-state index is 13.9. The molecule has 5 aromatic rings. The number of amidine groups is 2. The number of benzene rings is 3. The van der Waals surface area contributed by atoms with Crippen molar-refractivity contribution in [2.45, 2.75) is 151 Å². The van der Waals surface area contributed by atoms with Crippen LogP contribution in [0.1, 0.15) is 147 Å². The molecule has 5 heterocycles. The summed E-state index contributed by atoms with van der Waals surface area (Å²) in [4.78, 5) is 20.8. The first kappa shape index (κ1) is 47.4. The van der Waals surface area contributed by atoms with Crippen LogP contribution in [0, 0.1) is 0 Å². The Morgan fingerprint density at radius 2 is 0.862 bits per heavy atom.